The fraction of sp³-hybridized carbons (Fsp3) is 0.133. The van der Waals surface area contributed by atoms with Gasteiger partial charge in [0.2, 0.25) is 5.91 Å². The highest BCUT2D eigenvalue weighted by atomic mass is 16.5. The first kappa shape index (κ1) is 13.7. The lowest BCUT2D eigenvalue weighted by Gasteiger charge is -2.16. The van der Waals surface area contributed by atoms with Crippen molar-refractivity contribution in [2.75, 3.05) is 5.32 Å². The average Bonchev–Trinajstić information content (AvgIpc) is 2.48. The maximum Gasteiger partial charge on any atom is 0.232 e. The molecule has 1 unspecified atom stereocenters. The van der Waals surface area contributed by atoms with Crippen LogP contribution < -0.4 is 5.32 Å². The third-order valence-electron chi connectivity index (χ3n) is 2.71. The summed E-state index contributed by atoms with van der Waals surface area (Å²) in [5, 5.41) is 2.61. The molecular formula is C15H13NO4. The number of carbonyl (C=O) groups is 3. The molecule has 0 saturated carbocycles. The van der Waals surface area contributed by atoms with Gasteiger partial charge >= 0.3 is 0 Å². The lowest BCUT2D eigenvalue weighted by atomic mass is 10.0. The van der Waals surface area contributed by atoms with E-state index in [1.807, 2.05) is 6.07 Å². The number of benzene rings is 1. The number of hydrogen-bond donors (Lipinski definition) is 1. The summed E-state index contributed by atoms with van der Waals surface area (Å²) in [5.41, 5.74) is 0.803. The summed E-state index contributed by atoms with van der Waals surface area (Å²) in [6.45, 7) is 0. The number of anilines is 1. The second-order valence-corrected chi connectivity index (χ2v) is 4.16. The molecule has 1 heterocycles. The molecule has 0 aromatic heterocycles. The Morgan fingerprint density at radius 2 is 2.00 bits per heavy atom. The van der Waals surface area contributed by atoms with E-state index in [4.69, 9.17) is 4.74 Å². The molecule has 0 bridgehead atoms. The molecule has 2 rings (SSSR count). The molecule has 0 fully saturated rings. The molecule has 5 heteroatoms. The van der Waals surface area contributed by atoms with Crippen LogP contribution in [-0.2, 0) is 19.1 Å². The molecule has 1 N–H and O–H groups in total. The highest BCUT2D eigenvalue weighted by Gasteiger charge is 2.24. The van der Waals surface area contributed by atoms with Gasteiger partial charge in [0.05, 0.1) is 12.7 Å². The molecule has 5 nitrogen and oxygen atoms in total. The van der Waals surface area contributed by atoms with E-state index in [1.165, 1.54) is 18.4 Å². The van der Waals surface area contributed by atoms with Crippen molar-refractivity contribution in [1.29, 1.82) is 0 Å². The molecule has 20 heavy (non-hydrogen) atoms. The predicted octanol–water partition coefficient (Wildman–Crippen LogP) is 1.62. The van der Waals surface area contributed by atoms with Crippen molar-refractivity contribution in [3.05, 3.63) is 54.3 Å². The number of ketones is 1. The van der Waals surface area contributed by atoms with Crippen molar-refractivity contribution < 1.29 is 19.1 Å². The van der Waals surface area contributed by atoms with Crippen LogP contribution in [0.4, 0.5) is 5.69 Å². The topological polar surface area (TPSA) is 72.5 Å². The van der Waals surface area contributed by atoms with E-state index in [-0.39, 0.29) is 12.0 Å². The van der Waals surface area contributed by atoms with Gasteiger partial charge in [-0.05, 0) is 24.3 Å². The van der Waals surface area contributed by atoms with Crippen molar-refractivity contribution in [3.63, 3.8) is 0 Å². The summed E-state index contributed by atoms with van der Waals surface area (Å²) < 4.78 is 4.99. The molecule has 102 valence electrons. The van der Waals surface area contributed by atoms with Gasteiger partial charge in [0.15, 0.2) is 18.2 Å². The third-order valence-corrected chi connectivity index (χ3v) is 2.71. The number of aldehydes is 1. The van der Waals surface area contributed by atoms with Gasteiger partial charge in [0, 0.05) is 11.3 Å². The molecule has 1 amide bonds. The molecule has 0 radical (unpaired) electrons. The Bertz CT molecular complexity index is 575. The number of ether oxygens (including phenoxy) is 1. The lowest BCUT2D eigenvalue weighted by Crippen LogP contribution is -2.26. The van der Waals surface area contributed by atoms with Crippen molar-refractivity contribution in [2.24, 2.45) is 0 Å². The van der Waals surface area contributed by atoms with Gasteiger partial charge in [-0.3, -0.25) is 14.4 Å². The molecule has 1 atom stereocenters. The van der Waals surface area contributed by atoms with Gasteiger partial charge in [0.25, 0.3) is 0 Å². The first-order valence-corrected chi connectivity index (χ1v) is 6.06. The van der Waals surface area contributed by atoms with E-state index in [0.29, 0.717) is 12.0 Å². The van der Waals surface area contributed by atoms with Crippen molar-refractivity contribution in [2.45, 2.75) is 12.5 Å². The number of rotatable bonds is 5. The second-order valence-electron chi connectivity index (χ2n) is 4.16. The van der Waals surface area contributed by atoms with Crippen molar-refractivity contribution in [1.82, 2.24) is 0 Å². The Morgan fingerprint density at radius 3 is 2.70 bits per heavy atom. The summed E-state index contributed by atoms with van der Waals surface area (Å²) in [4.78, 5) is 34.5. The zero-order valence-corrected chi connectivity index (χ0v) is 10.6. The van der Waals surface area contributed by atoms with Crippen LogP contribution in [0.25, 0.3) is 0 Å². The monoisotopic (exact) mass is 271 g/mol. The van der Waals surface area contributed by atoms with Gasteiger partial charge < -0.3 is 10.1 Å². The fourth-order valence-corrected chi connectivity index (χ4v) is 1.77. The number of carbonyl (C=O) groups excluding carboxylic acids is 3. The standard InChI is InChI=1S/C15H13NO4/c17-10-14-12(7-4-8-20-14)13(18)9-15(19)16-11-5-2-1-3-6-11/h1-8,10,14H,9H2,(H,16,19). The minimum atomic E-state index is -0.933. The van der Waals surface area contributed by atoms with Crippen molar-refractivity contribution in [3.8, 4) is 0 Å². The number of nitrogens with one attached hydrogen (secondary N) is 1. The molecule has 0 spiro atoms. The summed E-state index contributed by atoms with van der Waals surface area (Å²) in [6.07, 6.45) is 3.60. The Hall–Kier alpha value is -2.69. The number of para-hydroxylation sites is 1. The maximum atomic E-state index is 12.0. The molecule has 0 saturated heterocycles. The maximum absolute atomic E-state index is 12.0. The van der Waals surface area contributed by atoms with E-state index >= 15 is 0 Å². The Kier molecular flexibility index (Phi) is 4.44. The normalized spacial score (nSPS) is 16.8. The fourth-order valence-electron chi connectivity index (χ4n) is 1.77. The van der Waals surface area contributed by atoms with Crippen LogP contribution in [-0.4, -0.2) is 24.1 Å². The first-order valence-electron chi connectivity index (χ1n) is 6.06. The van der Waals surface area contributed by atoms with Gasteiger partial charge in [-0.2, -0.15) is 0 Å². The molecule has 1 aromatic carbocycles. The summed E-state index contributed by atoms with van der Waals surface area (Å²) >= 11 is 0. The second kappa shape index (κ2) is 6.47. The van der Waals surface area contributed by atoms with Gasteiger partial charge in [-0.15, -0.1) is 0 Å². The lowest BCUT2D eigenvalue weighted by molar-refractivity contribution is -0.125. The number of amides is 1. The summed E-state index contributed by atoms with van der Waals surface area (Å²) in [7, 11) is 0. The Labute approximate surface area is 115 Å². The highest BCUT2D eigenvalue weighted by Crippen LogP contribution is 2.14. The molecule has 1 aliphatic heterocycles. The number of Topliss-reactive ketones (excluding diaryl/α,β-unsaturated/α-hetero) is 1. The van der Waals surface area contributed by atoms with Crippen LogP contribution in [0.1, 0.15) is 6.42 Å². The van der Waals surface area contributed by atoms with Gasteiger partial charge in [0.1, 0.15) is 0 Å². The minimum Gasteiger partial charge on any atom is -0.486 e. The van der Waals surface area contributed by atoms with Crippen LogP contribution in [0, 0.1) is 0 Å². The van der Waals surface area contributed by atoms with Gasteiger partial charge in [-0.25, -0.2) is 0 Å². The van der Waals surface area contributed by atoms with Crippen LogP contribution in [0.3, 0.4) is 0 Å². The van der Waals surface area contributed by atoms with Crippen LogP contribution >= 0.6 is 0 Å². The third kappa shape index (κ3) is 3.41. The molecule has 1 aromatic rings. The summed E-state index contributed by atoms with van der Waals surface area (Å²) in [5.74, 6) is -0.860. The smallest absolute Gasteiger partial charge is 0.232 e. The predicted molar refractivity (Wildman–Crippen MR) is 72.9 cm³/mol. The van der Waals surface area contributed by atoms with E-state index in [1.54, 1.807) is 24.3 Å². The average molecular weight is 271 g/mol. The first-order chi connectivity index (χ1) is 9.70. The Balaban J connectivity index is 1.97. The molecule has 0 aliphatic carbocycles. The summed E-state index contributed by atoms with van der Waals surface area (Å²) in [6, 6.07) is 8.83. The largest absolute Gasteiger partial charge is 0.486 e. The zero-order chi connectivity index (χ0) is 14.4. The van der Waals surface area contributed by atoms with E-state index in [2.05, 4.69) is 5.32 Å². The van der Waals surface area contributed by atoms with Crippen LogP contribution in [0.5, 0.6) is 0 Å². The van der Waals surface area contributed by atoms with Crippen LogP contribution in [0.2, 0.25) is 0 Å². The Morgan fingerprint density at radius 1 is 1.25 bits per heavy atom. The quantitative estimate of drug-likeness (QED) is 0.652. The number of allylic oxidation sites excluding steroid dienone is 2. The van der Waals surface area contributed by atoms with E-state index < -0.39 is 17.8 Å². The zero-order valence-electron chi connectivity index (χ0n) is 10.6. The van der Waals surface area contributed by atoms with Crippen molar-refractivity contribution >= 4 is 23.7 Å². The van der Waals surface area contributed by atoms with E-state index in [0.717, 1.165) is 0 Å². The molecular weight excluding hydrogens is 258 g/mol. The molecule has 1 aliphatic rings. The number of hydrogen-bond acceptors (Lipinski definition) is 4. The van der Waals surface area contributed by atoms with Crippen LogP contribution in [0.15, 0.2) is 54.3 Å². The van der Waals surface area contributed by atoms with E-state index in [9.17, 15) is 14.4 Å². The minimum absolute atomic E-state index is 0.186. The SMILES string of the molecule is O=CC1OC=CC=C1C(=O)CC(=O)Nc1ccccc1. The van der Waals surface area contributed by atoms with Gasteiger partial charge in [-0.1, -0.05) is 18.2 Å². The highest BCUT2D eigenvalue weighted by molar-refractivity contribution is 6.12.